The van der Waals surface area contributed by atoms with Crippen molar-refractivity contribution in [2.24, 2.45) is 0 Å². The number of benzene rings is 2. The van der Waals surface area contributed by atoms with Crippen LogP contribution < -0.4 is 4.74 Å². The fourth-order valence-corrected chi connectivity index (χ4v) is 2.68. The van der Waals surface area contributed by atoms with E-state index in [4.69, 9.17) is 4.74 Å². The lowest BCUT2D eigenvalue weighted by molar-refractivity contribution is 0.0692. The highest BCUT2D eigenvalue weighted by Crippen LogP contribution is 2.29. The number of ether oxygens (including phenoxy) is 1. The van der Waals surface area contributed by atoms with Gasteiger partial charge in [-0.25, -0.2) is 0 Å². The standard InChI is InChI=1S/C19H16N2O5/c1-20(2)17(23)14-6-4-12(8-11(14)10-22)26-13-5-7-15-16(9-13)19(25)21(3)18(15)24/h4-10H,1-3H3. The predicted molar refractivity (Wildman–Crippen MR) is 92.8 cm³/mol. The molecule has 3 amide bonds. The molecule has 0 fully saturated rings. The molecule has 0 saturated heterocycles. The Kier molecular flexibility index (Phi) is 4.29. The number of imide groups is 1. The van der Waals surface area contributed by atoms with Gasteiger partial charge in [-0.3, -0.25) is 24.1 Å². The van der Waals surface area contributed by atoms with E-state index in [0.717, 1.165) is 4.90 Å². The SMILES string of the molecule is CN(C)C(=O)c1ccc(Oc2ccc3c(c2)C(=O)N(C)C3=O)cc1C=O. The second-order valence-electron chi connectivity index (χ2n) is 6.05. The highest BCUT2D eigenvalue weighted by molar-refractivity contribution is 6.21. The number of fused-ring (bicyclic) bond motifs is 1. The van der Waals surface area contributed by atoms with Gasteiger partial charge >= 0.3 is 0 Å². The van der Waals surface area contributed by atoms with E-state index in [9.17, 15) is 19.2 Å². The molecular weight excluding hydrogens is 336 g/mol. The largest absolute Gasteiger partial charge is 0.457 e. The normalized spacial score (nSPS) is 12.8. The van der Waals surface area contributed by atoms with Crippen LogP contribution in [0.5, 0.6) is 11.5 Å². The highest BCUT2D eigenvalue weighted by Gasteiger charge is 2.32. The van der Waals surface area contributed by atoms with Crippen molar-refractivity contribution in [1.82, 2.24) is 9.80 Å². The molecule has 7 heteroatoms. The summed E-state index contributed by atoms with van der Waals surface area (Å²) in [7, 11) is 4.62. The van der Waals surface area contributed by atoms with Gasteiger partial charge in [0.2, 0.25) is 0 Å². The van der Waals surface area contributed by atoms with Gasteiger partial charge in [-0.2, -0.15) is 0 Å². The van der Waals surface area contributed by atoms with Crippen LogP contribution in [0.25, 0.3) is 0 Å². The molecule has 1 aliphatic rings. The van der Waals surface area contributed by atoms with Gasteiger partial charge in [0.25, 0.3) is 17.7 Å². The van der Waals surface area contributed by atoms with E-state index >= 15 is 0 Å². The van der Waals surface area contributed by atoms with Gasteiger partial charge in [-0.15, -0.1) is 0 Å². The van der Waals surface area contributed by atoms with E-state index in [0.29, 0.717) is 23.3 Å². The third-order valence-electron chi connectivity index (χ3n) is 4.08. The van der Waals surface area contributed by atoms with Gasteiger partial charge in [0, 0.05) is 26.7 Å². The average Bonchev–Trinajstić information content (AvgIpc) is 2.85. The van der Waals surface area contributed by atoms with Crippen LogP contribution in [0.2, 0.25) is 0 Å². The van der Waals surface area contributed by atoms with Gasteiger partial charge in [-0.1, -0.05) is 0 Å². The topological polar surface area (TPSA) is 84.0 Å². The first-order valence-electron chi connectivity index (χ1n) is 7.78. The molecule has 1 aliphatic heterocycles. The van der Waals surface area contributed by atoms with E-state index in [2.05, 4.69) is 0 Å². The fourth-order valence-electron chi connectivity index (χ4n) is 2.68. The molecule has 0 aliphatic carbocycles. The van der Waals surface area contributed by atoms with E-state index in [1.165, 1.54) is 36.2 Å². The van der Waals surface area contributed by atoms with Gasteiger partial charge < -0.3 is 9.64 Å². The number of carbonyl (C=O) groups excluding carboxylic acids is 4. The lowest BCUT2D eigenvalue weighted by atomic mass is 10.1. The Morgan fingerprint density at radius 2 is 1.62 bits per heavy atom. The smallest absolute Gasteiger partial charge is 0.261 e. The summed E-state index contributed by atoms with van der Waals surface area (Å²) in [6.07, 6.45) is 0.587. The van der Waals surface area contributed by atoms with E-state index in [1.54, 1.807) is 26.2 Å². The summed E-state index contributed by atoms with van der Waals surface area (Å²) < 4.78 is 5.69. The third-order valence-corrected chi connectivity index (χ3v) is 4.08. The lowest BCUT2D eigenvalue weighted by Gasteiger charge is -2.13. The van der Waals surface area contributed by atoms with Crippen molar-refractivity contribution in [2.45, 2.75) is 0 Å². The van der Waals surface area contributed by atoms with Crippen molar-refractivity contribution >= 4 is 24.0 Å². The summed E-state index contributed by atoms with van der Waals surface area (Å²) in [4.78, 5) is 49.8. The Hall–Kier alpha value is -3.48. The number of hydrogen-bond donors (Lipinski definition) is 0. The maximum absolute atomic E-state index is 12.1. The maximum atomic E-state index is 12.1. The van der Waals surface area contributed by atoms with Crippen LogP contribution in [0, 0.1) is 0 Å². The summed E-state index contributed by atoms with van der Waals surface area (Å²) in [5.41, 5.74) is 1.07. The van der Waals surface area contributed by atoms with E-state index in [-0.39, 0.29) is 28.5 Å². The van der Waals surface area contributed by atoms with Gasteiger partial charge in [0.05, 0.1) is 16.7 Å². The predicted octanol–water partition coefficient (Wildman–Crippen LogP) is 2.22. The molecule has 0 bridgehead atoms. The number of aldehydes is 1. The molecule has 0 saturated carbocycles. The summed E-state index contributed by atoms with van der Waals surface area (Å²) >= 11 is 0. The van der Waals surface area contributed by atoms with Crippen LogP contribution in [0.4, 0.5) is 0 Å². The number of hydrogen-bond acceptors (Lipinski definition) is 5. The Bertz CT molecular complexity index is 949. The number of amides is 3. The zero-order chi connectivity index (χ0) is 19.0. The van der Waals surface area contributed by atoms with E-state index in [1.807, 2.05) is 0 Å². The molecule has 0 spiro atoms. The van der Waals surface area contributed by atoms with Crippen LogP contribution in [-0.4, -0.2) is 55.0 Å². The first-order chi connectivity index (χ1) is 12.3. The monoisotopic (exact) mass is 352 g/mol. The molecular formula is C19H16N2O5. The zero-order valence-corrected chi connectivity index (χ0v) is 14.5. The Morgan fingerprint density at radius 3 is 2.27 bits per heavy atom. The average molecular weight is 352 g/mol. The molecule has 2 aromatic carbocycles. The molecule has 0 atom stereocenters. The molecule has 2 aromatic rings. The van der Waals surface area contributed by atoms with Crippen molar-refractivity contribution in [1.29, 1.82) is 0 Å². The minimum absolute atomic E-state index is 0.202. The van der Waals surface area contributed by atoms with Crippen LogP contribution in [0.15, 0.2) is 36.4 Å². The first-order valence-corrected chi connectivity index (χ1v) is 7.78. The number of rotatable bonds is 4. The number of carbonyl (C=O) groups is 4. The summed E-state index contributed by atoms with van der Waals surface area (Å²) in [6.45, 7) is 0. The Morgan fingerprint density at radius 1 is 1.00 bits per heavy atom. The maximum Gasteiger partial charge on any atom is 0.261 e. The van der Waals surface area contributed by atoms with Gasteiger partial charge in [0.15, 0.2) is 6.29 Å². The quantitative estimate of drug-likeness (QED) is 0.622. The van der Waals surface area contributed by atoms with Crippen molar-refractivity contribution in [3.8, 4) is 11.5 Å². The Labute approximate surface area is 149 Å². The number of nitrogens with zero attached hydrogens (tertiary/aromatic N) is 2. The molecule has 0 unspecified atom stereocenters. The van der Waals surface area contributed by atoms with Crippen molar-refractivity contribution in [2.75, 3.05) is 21.1 Å². The van der Waals surface area contributed by atoms with Crippen LogP contribution in [0.1, 0.15) is 41.4 Å². The summed E-state index contributed by atoms with van der Waals surface area (Å²) in [5.74, 6) is -0.346. The molecule has 0 aromatic heterocycles. The minimum atomic E-state index is -0.393. The van der Waals surface area contributed by atoms with Crippen molar-refractivity contribution in [3.63, 3.8) is 0 Å². The zero-order valence-electron chi connectivity index (χ0n) is 14.5. The molecule has 26 heavy (non-hydrogen) atoms. The molecule has 7 nitrogen and oxygen atoms in total. The third kappa shape index (κ3) is 2.83. The molecule has 3 rings (SSSR count). The summed E-state index contributed by atoms with van der Waals surface area (Å²) in [5, 5.41) is 0. The lowest BCUT2D eigenvalue weighted by Crippen LogP contribution is -2.24. The van der Waals surface area contributed by atoms with Crippen molar-refractivity contribution < 1.29 is 23.9 Å². The Balaban J connectivity index is 1.91. The molecule has 0 N–H and O–H groups in total. The van der Waals surface area contributed by atoms with Gasteiger partial charge in [-0.05, 0) is 36.4 Å². The van der Waals surface area contributed by atoms with Crippen LogP contribution in [0.3, 0.4) is 0 Å². The fraction of sp³-hybridized carbons (Fsp3) is 0.158. The second-order valence-corrected chi connectivity index (χ2v) is 6.05. The van der Waals surface area contributed by atoms with Crippen LogP contribution in [-0.2, 0) is 0 Å². The first kappa shape index (κ1) is 17.3. The van der Waals surface area contributed by atoms with E-state index < -0.39 is 5.91 Å². The minimum Gasteiger partial charge on any atom is -0.457 e. The van der Waals surface area contributed by atoms with Crippen molar-refractivity contribution in [3.05, 3.63) is 58.7 Å². The second kappa shape index (κ2) is 6.44. The molecule has 1 heterocycles. The molecule has 132 valence electrons. The molecule has 0 radical (unpaired) electrons. The van der Waals surface area contributed by atoms with Crippen LogP contribution >= 0.6 is 0 Å². The summed E-state index contributed by atoms with van der Waals surface area (Å²) in [6, 6.07) is 9.11. The highest BCUT2D eigenvalue weighted by atomic mass is 16.5. The van der Waals surface area contributed by atoms with Gasteiger partial charge in [0.1, 0.15) is 11.5 Å².